The quantitative estimate of drug-likeness (QED) is 0.747. The molecule has 0 fully saturated rings. The third kappa shape index (κ3) is 2.68. The number of hydrogen-bond acceptors (Lipinski definition) is 4. The van der Waals surface area contributed by atoms with E-state index in [-0.39, 0.29) is 17.4 Å². The van der Waals surface area contributed by atoms with Gasteiger partial charge in [-0.1, -0.05) is 12.1 Å². The van der Waals surface area contributed by atoms with E-state index in [9.17, 15) is 9.59 Å². The molecule has 2 N–H and O–H groups in total. The molecule has 3 aromatic rings. The summed E-state index contributed by atoms with van der Waals surface area (Å²) in [5.41, 5.74) is 0.973. The number of pyridine rings is 1. The number of aromatic nitrogens is 3. The molecular weight excluding hydrogens is 352 g/mol. The van der Waals surface area contributed by atoms with Crippen molar-refractivity contribution < 1.29 is 14.7 Å². The van der Waals surface area contributed by atoms with E-state index in [2.05, 4.69) is 31.3 Å². The highest BCUT2D eigenvalue weighted by molar-refractivity contribution is 9.10. The van der Waals surface area contributed by atoms with Crippen molar-refractivity contribution in [3.63, 3.8) is 0 Å². The summed E-state index contributed by atoms with van der Waals surface area (Å²) in [6, 6.07) is 9.91. The van der Waals surface area contributed by atoms with Gasteiger partial charge in [-0.3, -0.25) is 10.1 Å². The van der Waals surface area contributed by atoms with Crippen LogP contribution in [0.25, 0.3) is 5.65 Å². The fraction of sp³-hybridized carbons (Fsp3) is 0. The number of fused-ring (bicyclic) bond motifs is 1. The van der Waals surface area contributed by atoms with Crippen molar-refractivity contribution in [1.82, 2.24) is 14.6 Å². The minimum Gasteiger partial charge on any atom is -0.478 e. The van der Waals surface area contributed by atoms with Crippen molar-refractivity contribution in [1.29, 1.82) is 0 Å². The Bertz CT molecular complexity index is 891. The molecular formula is C14H9BrN4O3. The van der Waals surface area contributed by atoms with Crippen molar-refractivity contribution in [3.8, 4) is 0 Å². The van der Waals surface area contributed by atoms with Crippen LogP contribution >= 0.6 is 15.9 Å². The second kappa shape index (κ2) is 5.57. The van der Waals surface area contributed by atoms with Gasteiger partial charge >= 0.3 is 5.97 Å². The molecule has 0 bridgehead atoms. The lowest BCUT2D eigenvalue weighted by atomic mass is 10.2. The van der Waals surface area contributed by atoms with Gasteiger partial charge in [-0.25, -0.2) is 9.31 Å². The fourth-order valence-electron chi connectivity index (χ4n) is 1.88. The summed E-state index contributed by atoms with van der Waals surface area (Å²) in [7, 11) is 0. The summed E-state index contributed by atoms with van der Waals surface area (Å²) in [4.78, 5) is 27.2. The number of carboxylic acid groups (broad SMARTS) is 1. The molecule has 0 atom stereocenters. The van der Waals surface area contributed by atoms with Gasteiger partial charge in [-0.05, 0) is 40.2 Å². The standard InChI is InChI=1S/C14H9BrN4O3/c15-10-4-2-1-3-9(10)12(20)17-14-16-11-6-5-8(13(21)22)7-19(11)18-14/h1-7H,(H,21,22)(H,17,18,20). The average Bonchev–Trinajstić information content (AvgIpc) is 2.88. The van der Waals surface area contributed by atoms with Crippen LogP contribution in [0.4, 0.5) is 5.95 Å². The number of hydrogen-bond donors (Lipinski definition) is 2. The Balaban J connectivity index is 1.89. The number of nitrogens with zero attached hydrogens (tertiary/aromatic N) is 3. The van der Waals surface area contributed by atoms with Gasteiger partial charge in [0.2, 0.25) is 5.95 Å². The van der Waals surface area contributed by atoms with Crippen molar-refractivity contribution >= 4 is 39.4 Å². The zero-order chi connectivity index (χ0) is 15.7. The predicted molar refractivity (Wildman–Crippen MR) is 82.0 cm³/mol. The van der Waals surface area contributed by atoms with Gasteiger partial charge in [0.25, 0.3) is 5.91 Å². The second-order valence-electron chi connectivity index (χ2n) is 4.40. The lowest BCUT2D eigenvalue weighted by Crippen LogP contribution is -2.13. The lowest BCUT2D eigenvalue weighted by molar-refractivity contribution is 0.0696. The highest BCUT2D eigenvalue weighted by atomic mass is 79.9. The number of aromatic carboxylic acids is 1. The van der Waals surface area contributed by atoms with Crippen LogP contribution in [0, 0.1) is 0 Å². The van der Waals surface area contributed by atoms with Crippen molar-refractivity contribution in [2.75, 3.05) is 5.32 Å². The van der Waals surface area contributed by atoms with Crippen LogP contribution in [0.2, 0.25) is 0 Å². The molecule has 8 heteroatoms. The first kappa shape index (κ1) is 14.2. The minimum absolute atomic E-state index is 0.0843. The number of nitrogens with one attached hydrogen (secondary N) is 1. The Morgan fingerprint density at radius 2 is 1.95 bits per heavy atom. The molecule has 0 aliphatic rings. The van der Waals surface area contributed by atoms with Crippen molar-refractivity contribution in [2.24, 2.45) is 0 Å². The lowest BCUT2D eigenvalue weighted by Gasteiger charge is -2.02. The van der Waals surface area contributed by atoms with E-state index in [1.807, 2.05) is 0 Å². The first-order chi connectivity index (χ1) is 10.5. The van der Waals surface area contributed by atoms with Crippen LogP contribution in [0.15, 0.2) is 47.1 Å². The minimum atomic E-state index is -1.06. The largest absolute Gasteiger partial charge is 0.478 e. The van der Waals surface area contributed by atoms with Gasteiger partial charge in [-0.2, -0.15) is 4.98 Å². The summed E-state index contributed by atoms with van der Waals surface area (Å²) in [5, 5.41) is 15.6. The van der Waals surface area contributed by atoms with Crippen LogP contribution in [-0.2, 0) is 0 Å². The summed E-state index contributed by atoms with van der Waals surface area (Å²) in [6.07, 6.45) is 1.33. The molecule has 1 amide bonds. The number of carbonyl (C=O) groups is 2. The molecule has 0 aliphatic heterocycles. The molecule has 2 heterocycles. The van der Waals surface area contributed by atoms with E-state index in [0.717, 1.165) is 0 Å². The summed E-state index contributed by atoms with van der Waals surface area (Å²) in [6.45, 7) is 0. The number of halogens is 1. The molecule has 110 valence electrons. The molecule has 0 saturated heterocycles. The number of amides is 1. The molecule has 0 radical (unpaired) electrons. The Hall–Kier alpha value is -2.74. The number of rotatable bonds is 3. The summed E-state index contributed by atoms with van der Waals surface area (Å²) >= 11 is 3.30. The predicted octanol–water partition coefficient (Wildman–Crippen LogP) is 2.44. The first-order valence-corrected chi connectivity index (χ1v) is 6.99. The Morgan fingerprint density at radius 1 is 1.18 bits per heavy atom. The van der Waals surface area contributed by atoms with Gasteiger partial charge in [0.1, 0.15) is 0 Å². The summed E-state index contributed by atoms with van der Waals surface area (Å²) < 4.78 is 1.96. The zero-order valence-electron chi connectivity index (χ0n) is 11.0. The molecule has 0 saturated carbocycles. The van der Waals surface area contributed by atoms with E-state index < -0.39 is 5.97 Å². The van der Waals surface area contributed by atoms with Gasteiger partial charge in [0, 0.05) is 10.7 Å². The van der Waals surface area contributed by atoms with Gasteiger partial charge in [-0.15, -0.1) is 5.10 Å². The van der Waals surface area contributed by atoms with Crippen LogP contribution in [0.5, 0.6) is 0 Å². The number of carbonyl (C=O) groups excluding carboxylic acids is 1. The second-order valence-corrected chi connectivity index (χ2v) is 5.25. The average molecular weight is 361 g/mol. The Labute approximate surface area is 132 Å². The Kier molecular flexibility index (Phi) is 3.60. The third-order valence-electron chi connectivity index (χ3n) is 2.92. The number of benzene rings is 1. The highest BCUT2D eigenvalue weighted by Crippen LogP contribution is 2.17. The molecule has 0 aliphatic carbocycles. The molecule has 3 rings (SSSR count). The van der Waals surface area contributed by atoms with E-state index in [1.54, 1.807) is 24.3 Å². The Morgan fingerprint density at radius 3 is 2.68 bits per heavy atom. The highest BCUT2D eigenvalue weighted by Gasteiger charge is 2.13. The van der Waals surface area contributed by atoms with Crippen LogP contribution in [-0.4, -0.2) is 31.6 Å². The number of carboxylic acids is 1. The molecule has 22 heavy (non-hydrogen) atoms. The van der Waals surface area contributed by atoms with Gasteiger partial charge < -0.3 is 5.11 Å². The maximum absolute atomic E-state index is 12.2. The summed E-state index contributed by atoms with van der Waals surface area (Å²) in [5.74, 6) is -1.32. The molecule has 0 spiro atoms. The monoisotopic (exact) mass is 360 g/mol. The van der Waals surface area contributed by atoms with Gasteiger partial charge in [0.05, 0.1) is 11.1 Å². The molecule has 0 unspecified atom stereocenters. The topological polar surface area (TPSA) is 96.6 Å². The van der Waals surface area contributed by atoms with Gasteiger partial charge in [0.15, 0.2) is 5.65 Å². The SMILES string of the molecule is O=C(O)c1ccc2nc(NC(=O)c3ccccc3Br)nn2c1. The van der Waals surface area contributed by atoms with Crippen LogP contribution in [0.1, 0.15) is 20.7 Å². The van der Waals surface area contributed by atoms with E-state index in [1.165, 1.54) is 22.8 Å². The smallest absolute Gasteiger partial charge is 0.337 e. The first-order valence-electron chi connectivity index (χ1n) is 6.20. The number of anilines is 1. The van der Waals surface area contributed by atoms with E-state index in [4.69, 9.17) is 5.11 Å². The van der Waals surface area contributed by atoms with Crippen LogP contribution < -0.4 is 5.32 Å². The maximum Gasteiger partial charge on any atom is 0.337 e. The molecule has 1 aromatic carbocycles. The molecule has 7 nitrogen and oxygen atoms in total. The van der Waals surface area contributed by atoms with Crippen molar-refractivity contribution in [2.45, 2.75) is 0 Å². The van der Waals surface area contributed by atoms with E-state index >= 15 is 0 Å². The van der Waals surface area contributed by atoms with Crippen molar-refractivity contribution in [3.05, 3.63) is 58.2 Å². The van der Waals surface area contributed by atoms with E-state index in [0.29, 0.717) is 15.7 Å². The maximum atomic E-state index is 12.2. The molecule has 2 aromatic heterocycles. The normalized spacial score (nSPS) is 10.6. The van der Waals surface area contributed by atoms with Crippen LogP contribution in [0.3, 0.4) is 0 Å². The fourth-order valence-corrected chi connectivity index (χ4v) is 2.34. The third-order valence-corrected chi connectivity index (χ3v) is 3.61. The zero-order valence-corrected chi connectivity index (χ0v) is 12.6.